The van der Waals surface area contributed by atoms with E-state index in [4.69, 9.17) is 10.5 Å². The Labute approximate surface area is 106 Å². The third-order valence-corrected chi connectivity index (χ3v) is 3.61. The van der Waals surface area contributed by atoms with Crippen molar-refractivity contribution in [3.05, 3.63) is 29.8 Å². The van der Waals surface area contributed by atoms with Crippen molar-refractivity contribution in [2.45, 2.75) is 6.54 Å². The molecular formula is C10H14N2O3S2. The van der Waals surface area contributed by atoms with Crippen LogP contribution in [0.1, 0.15) is 5.56 Å². The Morgan fingerprint density at radius 2 is 2.12 bits per heavy atom. The van der Waals surface area contributed by atoms with Gasteiger partial charge in [-0.15, -0.1) is 0 Å². The van der Waals surface area contributed by atoms with Crippen LogP contribution in [0.2, 0.25) is 0 Å². The number of thiocarbonyl (C=S) groups is 1. The molecule has 1 aromatic rings. The Morgan fingerprint density at radius 3 is 2.71 bits per heavy atom. The van der Waals surface area contributed by atoms with Gasteiger partial charge in [0.2, 0.25) is 10.0 Å². The van der Waals surface area contributed by atoms with Gasteiger partial charge in [0.05, 0.1) is 12.1 Å². The SMILES string of the molecule is COc1ccccc1CNS(=O)(=O)CC(N)=S. The third-order valence-electron chi connectivity index (χ3n) is 2.01. The number of para-hydroxylation sites is 1. The zero-order valence-corrected chi connectivity index (χ0v) is 11.0. The Kier molecular flexibility index (Phi) is 4.86. The average Bonchev–Trinajstić information content (AvgIpc) is 2.25. The predicted molar refractivity (Wildman–Crippen MR) is 70.4 cm³/mol. The molecule has 0 heterocycles. The number of nitrogens with two attached hydrogens (primary N) is 1. The molecular weight excluding hydrogens is 260 g/mol. The molecule has 0 aliphatic heterocycles. The maximum Gasteiger partial charge on any atom is 0.218 e. The highest BCUT2D eigenvalue weighted by molar-refractivity contribution is 7.92. The highest BCUT2D eigenvalue weighted by Gasteiger charge is 2.12. The minimum absolute atomic E-state index is 0.0578. The first-order valence-corrected chi connectivity index (χ1v) is 6.88. The Balaban J connectivity index is 2.70. The van der Waals surface area contributed by atoms with Crippen molar-refractivity contribution in [2.24, 2.45) is 5.73 Å². The molecule has 0 amide bonds. The summed E-state index contributed by atoms with van der Waals surface area (Å²) in [5.74, 6) is 0.280. The number of methoxy groups -OCH3 is 1. The number of hydrogen-bond donors (Lipinski definition) is 2. The second-order valence-corrected chi connectivity index (χ2v) is 5.69. The first-order chi connectivity index (χ1) is 7.94. The second-order valence-electron chi connectivity index (χ2n) is 3.36. The van der Waals surface area contributed by atoms with Crippen molar-refractivity contribution in [2.75, 3.05) is 12.9 Å². The average molecular weight is 274 g/mol. The third kappa shape index (κ3) is 4.68. The predicted octanol–water partition coefficient (Wildman–Crippen LogP) is 0.401. The summed E-state index contributed by atoms with van der Waals surface area (Å²) in [7, 11) is -1.95. The highest BCUT2D eigenvalue weighted by Crippen LogP contribution is 2.16. The number of benzene rings is 1. The second kappa shape index (κ2) is 5.95. The van der Waals surface area contributed by atoms with Crippen LogP contribution in [0.5, 0.6) is 5.75 Å². The summed E-state index contributed by atoms with van der Waals surface area (Å²) in [4.78, 5) is -0.0578. The quantitative estimate of drug-likeness (QED) is 0.734. The molecule has 0 aliphatic rings. The number of rotatable bonds is 6. The number of hydrogen-bond acceptors (Lipinski definition) is 4. The zero-order chi connectivity index (χ0) is 12.9. The van der Waals surface area contributed by atoms with Gasteiger partial charge < -0.3 is 10.5 Å². The summed E-state index contributed by atoms with van der Waals surface area (Å²) in [6.07, 6.45) is 0. The van der Waals surface area contributed by atoms with E-state index in [0.717, 1.165) is 5.56 Å². The largest absolute Gasteiger partial charge is 0.496 e. The number of ether oxygens (including phenoxy) is 1. The minimum atomic E-state index is -3.48. The van der Waals surface area contributed by atoms with E-state index in [9.17, 15) is 8.42 Å². The molecule has 0 unspecified atom stereocenters. The molecule has 0 fully saturated rings. The fourth-order valence-corrected chi connectivity index (χ4v) is 2.59. The lowest BCUT2D eigenvalue weighted by Gasteiger charge is -2.09. The first kappa shape index (κ1) is 13.9. The van der Waals surface area contributed by atoms with E-state index in [2.05, 4.69) is 16.9 Å². The van der Waals surface area contributed by atoms with Gasteiger partial charge in [-0.1, -0.05) is 30.4 Å². The monoisotopic (exact) mass is 274 g/mol. The van der Waals surface area contributed by atoms with E-state index in [-0.39, 0.29) is 17.3 Å². The van der Waals surface area contributed by atoms with E-state index in [1.165, 1.54) is 7.11 Å². The van der Waals surface area contributed by atoms with Gasteiger partial charge in [0.15, 0.2) is 0 Å². The number of sulfonamides is 1. The van der Waals surface area contributed by atoms with Crippen molar-refractivity contribution in [1.29, 1.82) is 0 Å². The molecule has 5 nitrogen and oxygen atoms in total. The van der Waals surface area contributed by atoms with Gasteiger partial charge in [0, 0.05) is 12.1 Å². The molecule has 3 N–H and O–H groups in total. The van der Waals surface area contributed by atoms with Gasteiger partial charge in [0.1, 0.15) is 11.5 Å². The smallest absolute Gasteiger partial charge is 0.218 e. The van der Waals surface area contributed by atoms with Crippen LogP contribution in [0.25, 0.3) is 0 Å². The van der Waals surface area contributed by atoms with Crippen LogP contribution in [-0.2, 0) is 16.6 Å². The molecule has 94 valence electrons. The lowest BCUT2D eigenvalue weighted by Crippen LogP contribution is -2.32. The molecule has 0 aliphatic carbocycles. The van der Waals surface area contributed by atoms with Crippen LogP contribution in [0.3, 0.4) is 0 Å². The van der Waals surface area contributed by atoms with Crippen LogP contribution >= 0.6 is 12.2 Å². The van der Waals surface area contributed by atoms with Crippen LogP contribution in [0.15, 0.2) is 24.3 Å². The summed E-state index contributed by atoms with van der Waals surface area (Å²) in [6.45, 7) is 0.148. The van der Waals surface area contributed by atoms with E-state index in [1.54, 1.807) is 18.2 Å². The summed E-state index contributed by atoms with van der Waals surface area (Å²) in [6, 6.07) is 7.16. The molecule has 7 heteroatoms. The maximum absolute atomic E-state index is 11.5. The molecule has 1 aromatic carbocycles. The molecule has 0 saturated heterocycles. The minimum Gasteiger partial charge on any atom is -0.496 e. The van der Waals surface area contributed by atoms with Crippen molar-refractivity contribution in [1.82, 2.24) is 4.72 Å². The number of nitrogens with one attached hydrogen (secondary N) is 1. The summed E-state index contributed by atoms with van der Waals surface area (Å²) >= 11 is 4.56. The van der Waals surface area contributed by atoms with Gasteiger partial charge in [0.25, 0.3) is 0 Å². The fraction of sp³-hybridized carbons (Fsp3) is 0.300. The Bertz CT molecular complexity index is 500. The molecule has 0 aromatic heterocycles. The van der Waals surface area contributed by atoms with Gasteiger partial charge in [-0.25, -0.2) is 13.1 Å². The molecule has 17 heavy (non-hydrogen) atoms. The Hall–Kier alpha value is -1.18. The molecule has 0 spiro atoms. The standard InChI is InChI=1S/C10H14N2O3S2/c1-15-9-5-3-2-4-8(9)6-12-17(13,14)7-10(11)16/h2-5,12H,6-7H2,1H3,(H2,11,16). The van der Waals surface area contributed by atoms with Crippen molar-refractivity contribution in [3.63, 3.8) is 0 Å². The Morgan fingerprint density at radius 1 is 1.47 bits per heavy atom. The van der Waals surface area contributed by atoms with Gasteiger partial charge in [-0.3, -0.25) is 0 Å². The lowest BCUT2D eigenvalue weighted by molar-refractivity contribution is 0.409. The van der Waals surface area contributed by atoms with E-state index < -0.39 is 10.0 Å². The van der Waals surface area contributed by atoms with Crippen molar-refractivity contribution in [3.8, 4) is 5.75 Å². The topological polar surface area (TPSA) is 81.4 Å². The maximum atomic E-state index is 11.5. The normalized spacial score (nSPS) is 11.1. The van der Waals surface area contributed by atoms with E-state index in [0.29, 0.717) is 5.75 Å². The van der Waals surface area contributed by atoms with Crippen LogP contribution < -0.4 is 15.2 Å². The summed E-state index contributed by atoms with van der Waals surface area (Å²) in [5.41, 5.74) is 5.94. The van der Waals surface area contributed by atoms with Crippen molar-refractivity contribution >= 4 is 27.2 Å². The summed E-state index contributed by atoms with van der Waals surface area (Å²) in [5, 5.41) is 0. The van der Waals surface area contributed by atoms with Gasteiger partial charge >= 0.3 is 0 Å². The molecule has 0 bridgehead atoms. The van der Waals surface area contributed by atoms with Crippen molar-refractivity contribution < 1.29 is 13.2 Å². The first-order valence-electron chi connectivity index (χ1n) is 4.82. The molecule has 0 saturated carbocycles. The molecule has 0 radical (unpaired) electrons. The highest BCUT2D eigenvalue weighted by atomic mass is 32.2. The van der Waals surface area contributed by atoms with Gasteiger partial charge in [-0.05, 0) is 6.07 Å². The van der Waals surface area contributed by atoms with E-state index in [1.807, 2.05) is 6.07 Å². The fourth-order valence-electron chi connectivity index (χ4n) is 1.28. The molecule has 1 rings (SSSR count). The van der Waals surface area contributed by atoms with Gasteiger partial charge in [-0.2, -0.15) is 0 Å². The lowest BCUT2D eigenvalue weighted by atomic mass is 10.2. The summed E-state index contributed by atoms with van der Waals surface area (Å²) < 4.78 is 30.5. The zero-order valence-electron chi connectivity index (χ0n) is 9.34. The van der Waals surface area contributed by atoms with E-state index >= 15 is 0 Å². The molecule has 0 atom stereocenters. The van der Waals surface area contributed by atoms with Crippen LogP contribution in [-0.4, -0.2) is 26.3 Å². The van der Waals surface area contributed by atoms with Crippen LogP contribution in [0.4, 0.5) is 0 Å². The van der Waals surface area contributed by atoms with Crippen LogP contribution in [0, 0.1) is 0 Å².